The molecule has 0 unspecified atom stereocenters. The minimum absolute atomic E-state index is 0.205. The summed E-state index contributed by atoms with van der Waals surface area (Å²) < 4.78 is 10.9. The van der Waals surface area contributed by atoms with Crippen LogP contribution in [0.1, 0.15) is 24.2 Å². The second kappa shape index (κ2) is 9.78. The maximum Gasteiger partial charge on any atom is 0.255 e. The first-order chi connectivity index (χ1) is 14.6. The second-order valence-electron chi connectivity index (χ2n) is 6.64. The number of pyridine rings is 1. The summed E-state index contributed by atoms with van der Waals surface area (Å²) >= 11 is 0. The van der Waals surface area contributed by atoms with E-state index in [1.165, 1.54) is 0 Å². The molecule has 0 aliphatic heterocycles. The quantitative estimate of drug-likeness (QED) is 0.580. The summed E-state index contributed by atoms with van der Waals surface area (Å²) in [5.41, 5.74) is 3.79. The molecule has 30 heavy (non-hydrogen) atoms. The standard InChI is InChI=1S/C24H27N3O3/c1-5-27(6-2)19-12-10-18(11-13-19)26-24(28)17-9-14-20(22(16-17)30-4)23-21(29-3)8-7-15-25-23/h7-16H,5-6H2,1-4H3,(H,26,28). The molecule has 1 heterocycles. The molecule has 0 radical (unpaired) electrons. The van der Waals surface area contributed by atoms with Gasteiger partial charge in [0.1, 0.15) is 17.2 Å². The van der Waals surface area contributed by atoms with Gasteiger partial charge in [-0.15, -0.1) is 0 Å². The van der Waals surface area contributed by atoms with Crippen molar-refractivity contribution in [3.8, 4) is 22.8 Å². The van der Waals surface area contributed by atoms with Crippen LogP contribution in [0.25, 0.3) is 11.3 Å². The largest absolute Gasteiger partial charge is 0.496 e. The molecule has 1 N–H and O–H groups in total. The highest BCUT2D eigenvalue weighted by Crippen LogP contribution is 2.35. The van der Waals surface area contributed by atoms with Crippen LogP contribution >= 0.6 is 0 Å². The molecule has 1 amide bonds. The molecule has 156 valence electrons. The van der Waals surface area contributed by atoms with Crippen molar-refractivity contribution < 1.29 is 14.3 Å². The molecule has 0 aliphatic carbocycles. The Morgan fingerprint density at radius 2 is 1.67 bits per heavy atom. The van der Waals surface area contributed by atoms with Gasteiger partial charge in [0.05, 0.1) is 14.2 Å². The number of amides is 1. The first kappa shape index (κ1) is 21.2. The van der Waals surface area contributed by atoms with Crippen molar-refractivity contribution in [3.05, 3.63) is 66.4 Å². The van der Waals surface area contributed by atoms with Gasteiger partial charge in [0.2, 0.25) is 0 Å². The Morgan fingerprint density at radius 3 is 2.30 bits per heavy atom. The Balaban J connectivity index is 1.82. The molecule has 3 aromatic rings. The molecule has 3 rings (SSSR count). The van der Waals surface area contributed by atoms with Crippen LogP contribution in [0.3, 0.4) is 0 Å². The number of methoxy groups -OCH3 is 2. The van der Waals surface area contributed by atoms with Crippen LogP contribution < -0.4 is 19.7 Å². The van der Waals surface area contributed by atoms with Crippen LogP contribution in [0.2, 0.25) is 0 Å². The van der Waals surface area contributed by atoms with Crippen LogP contribution in [0, 0.1) is 0 Å². The van der Waals surface area contributed by atoms with E-state index in [0.717, 1.165) is 30.0 Å². The fourth-order valence-electron chi connectivity index (χ4n) is 3.33. The maximum atomic E-state index is 12.8. The molecule has 0 saturated carbocycles. The Bertz CT molecular complexity index is 999. The second-order valence-corrected chi connectivity index (χ2v) is 6.64. The van der Waals surface area contributed by atoms with Gasteiger partial charge in [-0.25, -0.2) is 0 Å². The predicted octanol–water partition coefficient (Wildman–Crippen LogP) is 4.86. The number of carbonyl (C=O) groups is 1. The molecule has 0 aliphatic rings. The lowest BCUT2D eigenvalue weighted by molar-refractivity contribution is 0.102. The van der Waals surface area contributed by atoms with Gasteiger partial charge in [-0.1, -0.05) is 0 Å². The normalized spacial score (nSPS) is 10.4. The maximum absolute atomic E-state index is 12.8. The predicted molar refractivity (Wildman–Crippen MR) is 121 cm³/mol. The summed E-state index contributed by atoms with van der Waals surface area (Å²) in [7, 11) is 3.17. The number of nitrogens with zero attached hydrogens (tertiary/aromatic N) is 2. The lowest BCUT2D eigenvalue weighted by Crippen LogP contribution is -2.21. The number of hydrogen-bond donors (Lipinski definition) is 1. The number of benzene rings is 2. The van der Waals surface area contributed by atoms with E-state index in [4.69, 9.17) is 9.47 Å². The van der Waals surface area contributed by atoms with E-state index in [1.807, 2.05) is 42.5 Å². The molecule has 0 saturated heterocycles. The van der Waals surface area contributed by atoms with Gasteiger partial charge in [0.15, 0.2) is 0 Å². The van der Waals surface area contributed by atoms with E-state index in [1.54, 1.807) is 32.5 Å². The molecular weight excluding hydrogens is 378 g/mol. The molecular formula is C24H27N3O3. The van der Waals surface area contributed by atoms with Gasteiger partial charge < -0.3 is 19.7 Å². The van der Waals surface area contributed by atoms with E-state index in [0.29, 0.717) is 22.8 Å². The van der Waals surface area contributed by atoms with Crippen molar-refractivity contribution in [1.82, 2.24) is 4.98 Å². The van der Waals surface area contributed by atoms with Crippen molar-refractivity contribution in [1.29, 1.82) is 0 Å². The third-order valence-electron chi connectivity index (χ3n) is 4.96. The van der Waals surface area contributed by atoms with Gasteiger partial charge in [-0.3, -0.25) is 9.78 Å². The van der Waals surface area contributed by atoms with E-state index in [2.05, 4.69) is 29.0 Å². The zero-order valence-electron chi connectivity index (χ0n) is 17.8. The molecule has 0 atom stereocenters. The molecule has 2 aromatic carbocycles. The van der Waals surface area contributed by atoms with Gasteiger partial charge in [-0.05, 0) is 68.4 Å². The summed E-state index contributed by atoms with van der Waals surface area (Å²) in [4.78, 5) is 19.4. The van der Waals surface area contributed by atoms with Crippen LogP contribution in [-0.2, 0) is 0 Å². The number of ether oxygens (including phenoxy) is 2. The summed E-state index contributed by atoms with van der Waals surface area (Å²) in [6.07, 6.45) is 1.69. The highest BCUT2D eigenvalue weighted by Gasteiger charge is 2.15. The lowest BCUT2D eigenvalue weighted by atomic mass is 10.1. The van der Waals surface area contributed by atoms with Gasteiger partial charge in [-0.2, -0.15) is 0 Å². The number of carbonyl (C=O) groups excluding carboxylic acids is 1. The highest BCUT2D eigenvalue weighted by molar-refractivity contribution is 6.05. The first-order valence-electron chi connectivity index (χ1n) is 9.95. The van der Waals surface area contributed by atoms with Gasteiger partial charge in [0, 0.05) is 41.8 Å². The molecule has 6 heteroatoms. The molecule has 0 spiro atoms. The molecule has 0 bridgehead atoms. The molecule has 1 aromatic heterocycles. The minimum Gasteiger partial charge on any atom is -0.496 e. The van der Waals surface area contributed by atoms with Crippen molar-refractivity contribution in [2.75, 3.05) is 37.5 Å². The highest BCUT2D eigenvalue weighted by atomic mass is 16.5. The Kier molecular flexibility index (Phi) is 6.91. The van der Waals surface area contributed by atoms with Crippen LogP contribution in [0.15, 0.2) is 60.8 Å². The van der Waals surface area contributed by atoms with Crippen LogP contribution in [0.4, 0.5) is 11.4 Å². The number of anilines is 2. The molecule has 6 nitrogen and oxygen atoms in total. The smallest absolute Gasteiger partial charge is 0.255 e. The summed E-state index contributed by atoms with van der Waals surface area (Å²) in [5, 5.41) is 2.94. The summed E-state index contributed by atoms with van der Waals surface area (Å²) in [6.45, 7) is 6.12. The number of hydrogen-bond acceptors (Lipinski definition) is 5. The number of rotatable bonds is 8. The van der Waals surface area contributed by atoms with E-state index >= 15 is 0 Å². The third kappa shape index (κ3) is 4.54. The Hall–Kier alpha value is -3.54. The Labute approximate surface area is 177 Å². The van der Waals surface area contributed by atoms with Crippen LogP contribution in [0.5, 0.6) is 11.5 Å². The van der Waals surface area contributed by atoms with Crippen molar-refractivity contribution in [2.45, 2.75) is 13.8 Å². The van der Waals surface area contributed by atoms with Crippen LogP contribution in [-0.4, -0.2) is 38.2 Å². The van der Waals surface area contributed by atoms with Crippen molar-refractivity contribution in [3.63, 3.8) is 0 Å². The average molecular weight is 405 g/mol. The Morgan fingerprint density at radius 1 is 0.967 bits per heavy atom. The van der Waals surface area contributed by atoms with Crippen molar-refractivity contribution in [2.24, 2.45) is 0 Å². The zero-order chi connectivity index (χ0) is 21.5. The topological polar surface area (TPSA) is 63.7 Å². The third-order valence-corrected chi connectivity index (χ3v) is 4.96. The average Bonchev–Trinajstić information content (AvgIpc) is 2.80. The summed E-state index contributed by atoms with van der Waals surface area (Å²) in [5.74, 6) is 0.987. The number of nitrogens with one attached hydrogen (secondary N) is 1. The van der Waals surface area contributed by atoms with E-state index in [9.17, 15) is 4.79 Å². The van der Waals surface area contributed by atoms with Gasteiger partial charge in [0.25, 0.3) is 5.91 Å². The monoisotopic (exact) mass is 405 g/mol. The van der Waals surface area contributed by atoms with E-state index in [-0.39, 0.29) is 5.91 Å². The van der Waals surface area contributed by atoms with Crippen molar-refractivity contribution >= 4 is 17.3 Å². The first-order valence-corrected chi connectivity index (χ1v) is 9.95. The minimum atomic E-state index is -0.205. The number of aromatic nitrogens is 1. The molecule has 0 fully saturated rings. The lowest BCUT2D eigenvalue weighted by Gasteiger charge is -2.21. The fourth-order valence-corrected chi connectivity index (χ4v) is 3.33. The zero-order valence-corrected chi connectivity index (χ0v) is 17.8. The SMILES string of the molecule is CCN(CC)c1ccc(NC(=O)c2ccc(-c3ncccc3OC)c(OC)c2)cc1. The summed E-state index contributed by atoms with van der Waals surface area (Å²) in [6, 6.07) is 16.8. The fraction of sp³-hybridized carbons (Fsp3) is 0.250. The van der Waals surface area contributed by atoms with E-state index < -0.39 is 0 Å². The van der Waals surface area contributed by atoms with Gasteiger partial charge >= 0.3 is 0 Å².